The summed E-state index contributed by atoms with van der Waals surface area (Å²) in [6.07, 6.45) is 1.99. The molecule has 2 amide bonds. The molecule has 3 rings (SSSR count). The third kappa shape index (κ3) is 3.91. The molecule has 1 aliphatic rings. The van der Waals surface area contributed by atoms with E-state index >= 15 is 0 Å². The predicted molar refractivity (Wildman–Crippen MR) is 92.2 cm³/mol. The normalized spacial score (nSPS) is 13.4. The molecule has 0 radical (unpaired) electrons. The molecule has 1 aromatic carbocycles. The highest BCUT2D eigenvalue weighted by molar-refractivity contribution is 7.09. The largest absolute Gasteiger partial charge is 0.464 e. The van der Waals surface area contributed by atoms with Gasteiger partial charge in [0, 0.05) is 17.1 Å². The van der Waals surface area contributed by atoms with Crippen molar-refractivity contribution < 1.29 is 14.3 Å². The molecule has 0 unspecified atom stereocenters. The number of thiazole rings is 1. The first-order valence-corrected chi connectivity index (χ1v) is 8.62. The van der Waals surface area contributed by atoms with Crippen molar-refractivity contribution in [3.8, 4) is 0 Å². The van der Waals surface area contributed by atoms with Gasteiger partial charge in [-0.2, -0.15) is 0 Å². The first-order chi connectivity index (χ1) is 11.6. The summed E-state index contributed by atoms with van der Waals surface area (Å²) in [6, 6.07) is 7.78. The Morgan fingerprint density at radius 3 is 2.67 bits per heavy atom. The first kappa shape index (κ1) is 16.4. The Hall–Kier alpha value is -2.41. The van der Waals surface area contributed by atoms with E-state index < -0.39 is 5.97 Å². The van der Waals surface area contributed by atoms with Crippen molar-refractivity contribution in [3.05, 3.63) is 45.9 Å². The summed E-state index contributed by atoms with van der Waals surface area (Å²) in [5, 5.41) is 5.30. The Labute approximate surface area is 144 Å². The number of aromatic nitrogens is 1. The van der Waals surface area contributed by atoms with Gasteiger partial charge in [0.25, 0.3) is 0 Å². The second-order valence-electron chi connectivity index (χ2n) is 5.77. The molecular formula is C17H19N3O3S. The van der Waals surface area contributed by atoms with E-state index in [9.17, 15) is 9.59 Å². The van der Waals surface area contributed by atoms with Crippen LogP contribution in [-0.2, 0) is 11.3 Å². The minimum atomic E-state index is -0.459. The van der Waals surface area contributed by atoms with Crippen LogP contribution in [0.2, 0.25) is 0 Å². The van der Waals surface area contributed by atoms with Crippen LogP contribution in [0.4, 0.5) is 10.5 Å². The first-order valence-electron chi connectivity index (χ1n) is 7.74. The number of carbonyl (C=O) groups excluding carboxylic acids is 2. The number of urea groups is 1. The number of anilines is 1. The van der Waals surface area contributed by atoms with Gasteiger partial charge in [0.1, 0.15) is 5.01 Å². The quantitative estimate of drug-likeness (QED) is 0.843. The van der Waals surface area contributed by atoms with Crippen LogP contribution in [0.25, 0.3) is 0 Å². The van der Waals surface area contributed by atoms with E-state index in [4.69, 9.17) is 0 Å². The molecule has 0 bridgehead atoms. The lowest BCUT2D eigenvalue weighted by Crippen LogP contribution is -2.36. The third-order valence-corrected chi connectivity index (χ3v) is 4.64. The van der Waals surface area contributed by atoms with Crippen molar-refractivity contribution in [3.63, 3.8) is 0 Å². The fourth-order valence-corrected chi connectivity index (χ4v) is 3.07. The van der Waals surface area contributed by atoms with Gasteiger partial charge in [-0.1, -0.05) is 17.7 Å². The molecule has 1 saturated carbocycles. The van der Waals surface area contributed by atoms with Gasteiger partial charge in [0.15, 0.2) is 5.69 Å². The number of amides is 2. The standard InChI is InChI=1S/C17H19N3O3S/c1-11-3-5-12(6-4-11)18-17(22)20(13-7-8-13)9-15-19-14(10-24-15)16(21)23-2/h3-6,10,13H,7-9H2,1-2H3,(H,18,22). The summed E-state index contributed by atoms with van der Waals surface area (Å²) >= 11 is 1.36. The Morgan fingerprint density at radius 2 is 2.04 bits per heavy atom. The second-order valence-corrected chi connectivity index (χ2v) is 6.72. The molecule has 24 heavy (non-hydrogen) atoms. The van der Waals surface area contributed by atoms with E-state index in [2.05, 4.69) is 15.0 Å². The second kappa shape index (κ2) is 7.00. The Kier molecular flexibility index (Phi) is 4.80. The molecule has 0 spiro atoms. The van der Waals surface area contributed by atoms with Crippen molar-refractivity contribution in [2.75, 3.05) is 12.4 Å². The Morgan fingerprint density at radius 1 is 1.33 bits per heavy atom. The number of benzene rings is 1. The molecule has 7 heteroatoms. The maximum Gasteiger partial charge on any atom is 0.357 e. The SMILES string of the molecule is COC(=O)c1csc(CN(C(=O)Nc2ccc(C)cc2)C2CC2)n1. The van der Waals surface area contributed by atoms with Crippen molar-refractivity contribution in [1.29, 1.82) is 0 Å². The van der Waals surface area contributed by atoms with Crippen molar-refractivity contribution in [2.24, 2.45) is 0 Å². The van der Waals surface area contributed by atoms with Gasteiger partial charge in [-0.25, -0.2) is 14.6 Å². The smallest absolute Gasteiger partial charge is 0.357 e. The van der Waals surface area contributed by atoms with Gasteiger partial charge >= 0.3 is 12.0 Å². The fourth-order valence-electron chi connectivity index (χ4n) is 2.31. The van der Waals surface area contributed by atoms with Crippen LogP contribution in [-0.4, -0.2) is 35.0 Å². The number of rotatable bonds is 5. The highest BCUT2D eigenvalue weighted by Gasteiger charge is 2.33. The zero-order valence-corrected chi connectivity index (χ0v) is 14.4. The summed E-state index contributed by atoms with van der Waals surface area (Å²) in [5.74, 6) is -0.459. The van der Waals surface area contributed by atoms with E-state index in [-0.39, 0.29) is 17.8 Å². The van der Waals surface area contributed by atoms with Gasteiger partial charge in [-0.15, -0.1) is 11.3 Å². The molecule has 0 saturated heterocycles. The summed E-state index contributed by atoms with van der Waals surface area (Å²) in [6.45, 7) is 2.40. The monoisotopic (exact) mass is 345 g/mol. The number of nitrogens with one attached hydrogen (secondary N) is 1. The van der Waals surface area contributed by atoms with Gasteiger partial charge in [0.05, 0.1) is 13.7 Å². The number of ether oxygens (including phenoxy) is 1. The number of nitrogens with zero attached hydrogens (tertiary/aromatic N) is 2. The zero-order chi connectivity index (χ0) is 17.1. The molecule has 1 fully saturated rings. The molecule has 1 aliphatic carbocycles. The number of hydrogen-bond donors (Lipinski definition) is 1. The molecule has 0 aliphatic heterocycles. The molecule has 1 aromatic heterocycles. The van der Waals surface area contributed by atoms with Crippen LogP contribution in [0, 0.1) is 6.92 Å². The van der Waals surface area contributed by atoms with E-state index in [1.807, 2.05) is 31.2 Å². The minimum absolute atomic E-state index is 0.142. The fraction of sp³-hybridized carbons (Fsp3) is 0.353. The van der Waals surface area contributed by atoms with Crippen molar-refractivity contribution in [2.45, 2.75) is 32.4 Å². The van der Waals surface area contributed by atoms with Crippen LogP contribution < -0.4 is 5.32 Å². The lowest BCUT2D eigenvalue weighted by molar-refractivity contribution is 0.0594. The third-order valence-electron chi connectivity index (χ3n) is 3.80. The summed E-state index contributed by atoms with van der Waals surface area (Å²) in [5.41, 5.74) is 2.20. The highest BCUT2D eigenvalue weighted by Crippen LogP contribution is 2.29. The van der Waals surface area contributed by atoms with Gasteiger partial charge in [0.2, 0.25) is 0 Å². The van der Waals surface area contributed by atoms with E-state index in [0.29, 0.717) is 6.54 Å². The van der Waals surface area contributed by atoms with Crippen LogP contribution in [0.5, 0.6) is 0 Å². The zero-order valence-electron chi connectivity index (χ0n) is 13.6. The van der Waals surface area contributed by atoms with Crippen LogP contribution in [0.3, 0.4) is 0 Å². The van der Waals surface area contributed by atoms with Gasteiger partial charge in [-0.3, -0.25) is 0 Å². The predicted octanol–water partition coefficient (Wildman–Crippen LogP) is 3.43. The highest BCUT2D eigenvalue weighted by atomic mass is 32.1. The molecule has 2 aromatic rings. The minimum Gasteiger partial charge on any atom is -0.464 e. The number of methoxy groups -OCH3 is 1. The summed E-state index contributed by atoms with van der Waals surface area (Å²) in [7, 11) is 1.33. The number of hydrogen-bond acceptors (Lipinski definition) is 5. The topological polar surface area (TPSA) is 71.5 Å². The van der Waals surface area contributed by atoms with Crippen molar-refractivity contribution >= 4 is 29.0 Å². The average molecular weight is 345 g/mol. The molecule has 126 valence electrons. The molecule has 1 N–H and O–H groups in total. The number of aryl methyl sites for hydroxylation is 1. The maximum atomic E-state index is 12.6. The molecular weight excluding hydrogens is 326 g/mol. The summed E-state index contributed by atoms with van der Waals surface area (Å²) < 4.78 is 4.66. The maximum absolute atomic E-state index is 12.6. The number of carbonyl (C=O) groups is 2. The molecule has 6 nitrogen and oxygen atoms in total. The van der Waals surface area contributed by atoms with E-state index in [1.54, 1.807) is 10.3 Å². The number of esters is 1. The van der Waals surface area contributed by atoms with Crippen molar-refractivity contribution in [1.82, 2.24) is 9.88 Å². The van der Waals surface area contributed by atoms with Crippen LogP contribution >= 0.6 is 11.3 Å². The Bertz CT molecular complexity index is 738. The van der Waals surface area contributed by atoms with Gasteiger partial charge < -0.3 is 15.0 Å². The Balaban J connectivity index is 1.68. The molecule has 1 heterocycles. The van der Waals surface area contributed by atoms with E-state index in [1.165, 1.54) is 18.4 Å². The lowest BCUT2D eigenvalue weighted by atomic mass is 10.2. The molecule has 0 atom stereocenters. The lowest BCUT2D eigenvalue weighted by Gasteiger charge is -2.21. The van der Waals surface area contributed by atoms with E-state index in [0.717, 1.165) is 29.1 Å². The van der Waals surface area contributed by atoms with Crippen LogP contribution in [0.1, 0.15) is 33.9 Å². The van der Waals surface area contributed by atoms with Crippen LogP contribution in [0.15, 0.2) is 29.6 Å². The van der Waals surface area contributed by atoms with Gasteiger partial charge in [-0.05, 0) is 31.9 Å². The average Bonchev–Trinajstić information content (AvgIpc) is 3.31. The summed E-state index contributed by atoms with van der Waals surface area (Å²) in [4.78, 5) is 30.1.